The minimum absolute atomic E-state index is 0.156. The zero-order valence-electron chi connectivity index (χ0n) is 11.7. The Balaban J connectivity index is 2.53. The van der Waals surface area contributed by atoms with Crippen molar-refractivity contribution in [2.24, 2.45) is 0 Å². The van der Waals surface area contributed by atoms with Crippen LogP contribution in [0.3, 0.4) is 0 Å². The molecule has 0 spiro atoms. The van der Waals surface area contributed by atoms with Crippen LogP contribution >= 0.6 is 0 Å². The number of amides is 2. The average molecular weight is 266 g/mol. The maximum absolute atomic E-state index is 13.6. The van der Waals surface area contributed by atoms with Crippen molar-refractivity contribution in [2.75, 3.05) is 0 Å². The summed E-state index contributed by atoms with van der Waals surface area (Å²) < 4.78 is 13.6. The van der Waals surface area contributed by atoms with Gasteiger partial charge in [-0.1, -0.05) is 38.8 Å². The van der Waals surface area contributed by atoms with E-state index in [1.54, 1.807) is 12.2 Å². The summed E-state index contributed by atoms with van der Waals surface area (Å²) in [6, 6.07) is -0.180. The minimum atomic E-state index is -0.386. The van der Waals surface area contributed by atoms with Crippen LogP contribution in [0.15, 0.2) is 35.8 Å². The van der Waals surface area contributed by atoms with E-state index in [0.29, 0.717) is 6.42 Å². The van der Waals surface area contributed by atoms with Crippen molar-refractivity contribution in [3.8, 4) is 0 Å². The largest absolute Gasteiger partial charge is 0.335 e. The highest BCUT2D eigenvalue weighted by Crippen LogP contribution is 2.13. The fourth-order valence-electron chi connectivity index (χ4n) is 2.03. The van der Waals surface area contributed by atoms with Crippen LogP contribution in [-0.2, 0) is 0 Å². The summed E-state index contributed by atoms with van der Waals surface area (Å²) in [4.78, 5) is 11.8. The van der Waals surface area contributed by atoms with Crippen LogP contribution < -0.4 is 10.6 Å². The van der Waals surface area contributed by atoms with Gasteiger partial charge in [-0.25, -0.2) is 9.18 Å². The van der Waals surface area contributed by atoms with Gasteiger partial charge in [0.25, 0.3) is 0 Å². The number of halogens is 1. The molecule has 0 aromatic rings. The Labute approximate surface area is 114 Å². The monoisotopic (exact) mass is 266 g/mol. The molecule has 1 aliphatic rings. The van der Waals surface area contributed by atoms with Gasteiger partial charge in [0.1, 0.15) is 5.83 Å². The van der Waals surface area contributed by atoms with Gasteiger partial charge in [0.15, 0.2) is 0 Å². The van der Waals surface area contributed by atoms with E-state index < -0.39 is 0 Å². The smallest absolute Gasteiger partial charge is 0.319 e. The van der Waals surface area contributed by atoms with E-state index >= 15 is 0 Å². The maximum atomic E-state index is 13.6. The summed E-state index contributed by atoms with van der Waals surface area (Å²) in [7, 11) is 0. The van der Waals surface area contributed by atoms with Crippen molar-refractivity contribution in [1.29, 1.82) is 0 Å². The first-order valence-electron chi connectivity index (χ1n) is 6.97. The molecule has 0 bridgehead atoms. The minimum Gasteiger partial charge on any atom is -0.335 e. The molecule has 0 unspecified atom stereocenters. The molecule has 2 amide bonds. The molecule has 0 atom stereocenters. The Kier molecular flexibility index (Phi) is 6.93. The second kappa shape index (κ2) is 8.51. The highest BCUT2D eigenvalue weighted by Gasteiger charge is 2.13. The van der Waals surface area contributed by atoms with Gasteiger partial charge in [-0.3, -0.25) is 0 Å². The van der Waals surface area contributed by atoms with Gasteiger partial charge in [0.2, 0.25) is 0 Å². The number of hydrogen-bond acceptors (Lipinski definition) is 1. The van der Waals surface area contributed by atoms with E-state index in [-0.39, 0.29) is 23.6 Å². The van der Waals surface area contributed by atoms with Crippen LogP contribution in [0.4, 0.5) is 9.18 Å². The third-order valence-electron chi connectivity index (χ3n) is 2.95. The van der Waals surface area contributed by atoms with E-state index in [1.807, 2.05) is 6.08 Å². The fourth-order valence-corrected chi connectivity index (χ4v) is 2.03. The number of rotatable bonds is 6. The van der Waals surface area contributed by atoms with Crippen LogP contribution in [0.5, 0.6) is 0 Å². The molecule has 0 aliphatic heterocycles. The lowest BCUT2D eigenvalue weighted by Crippen LogP contribution is -2.41. The first-order valence-corrected chi connectivity index (χ1v) is 6.97. The first-order chi connectivity index (χ1) is 9.17. The van der Waals surface area contributed by atoms with Gasteiger partial charge in [0.05, 0.1) is 5.70 Å². The molecular formula is C15H23FN2O. The van der Waals surface area contributed by atoms with E-state index in [4.69, 9.17) is 0 Å². The topological polar surface area (TPSA) is 41.1 Å². The number of nitrogens with one attached hydrogen (secondary N) is 2. The van der Waals surface area contributed by atoms with E-state index in [1.165, 1.54) is 6.08 Å². The number of carbonyl (C=O) groups is 1. The van der Waals surface area contributed by atoms with Crippen LogP contribution in [0.2, 0.25) is 0 Å². The number of carbonyl (C=O) groups excluding carboxylic acids is 1. The normalized spacial score (nSPS) is 14.7. The second-order valence-corrected chi connectivity index (χ2v) is 4.67. The van der Waals surface area contributed by atoms with Gasteiger partial charge >= 0.3 is 6.03 Å². The summed E-state index contributed by atoms with van der Waals surface area (Å²) in [6.45, 7) is 4.17. The highest BCUT2D eigenvalue weighted by atomic mass is 19.1. The van der Waals surface area contributed by atoms with E-state index in [2.05, 4.69) is 24.5 Å². The molecule has 3 nitrogen and oxygen atoms in total. The summed E-state index contributed by atoms with van der Waals surface area (Å²) in [5.74, 6) is -0.386. The van der Waals surface area contributed by atoms with Gasteiger partial charge in [-0.15, -0.1) is 0 Å². The predicted octanol–water partition coefficient (Wildman–Crippen LogP) is 3.95. The molecule has 1 rings (SSSR count). The molecule has 4 heteroatoms. The third kappa shape index (κ3) is 5.73. The molecule has 0 fully saturated rings. The van der Waals surface area contributed by atoms with Crippen LogP contribution in [0.25, 0.3) is 0 Å². The van der Waals surface area contributed by atoms with Crippen molar-refractivity contribution < 1.29 is 9.18 Å². The molecule has 0 radical (unpaired) electrons. The van der Waals surface area contributed by atoms with Gasteiger partial charge < -0.3 is 10.6 Å². The zero-order chi connectivity index (χ0) is 14.1. The molecule has 2 N–H and O–H groups in total. The van der Waals surface area contributed by atoms with E-state index in [0.717, 1.165) is 25.7 Å². The quantitative estimate of drug-likeness (QED) is 0.751. The Hall–Kier alpha value is -1.58. The summed E-state index contributed by atoms with van der Waals surface area (Å²) in [6.07, 6.45) is 11.1. The van der Waals surface area contributed by atoms with Crippen molar-refractivity contribution >= 4 is 6.03 Å². The number of allylic oxidation sites excluding steroid dienone is 5. The summed E-state index contributed by atoms with van der Waals surface area (Å²) >= 11 is 0. The molecule has 19 heavy (non-hydrogen) atoms. The van der Waals surface area contributed by atoms with Gasteiger partial charge in [-0.2, -0.15) is 0 Å². The lowest BCUT2D eigenvalue weighted by molar-refractivity contribution is 0.237. The SMILES string of the molecule is CCCC(CCC)NC(=O)NC1=CC=CCC=C1F. The van der Waals surface area contributed by atoms with Crippen molar-refractivity contribution in [2.45, 2.75) is 52.0 Å². The van der Waals surface area contributed by atoms with Gasteiger partial charge in [0, 0.05) is 6.04 Å². The Morgan fingerprint density at radius 1 is 1.37 bits per heavy atom. The Bertz CT molecular complexity index is 380. The first kappa shape index (κ1) is 15.5. The maximum Gasteiger partial charge on any atom is 0.319 e. The summed E-state index contributed by atoms with van der Waals surface area (Å²) in [5.41, 5.74) is 0.220. The molecule has 0 heterocycles. The van der Waals surface area contributed by atoms with Crippen LogP contribution in [0.1, 0.15) is 46.0 Å². The molecule has 0 aromatic carbocycles. The molecular weight excluding hydrogens is 243 g/mol. The fraction of sp³-hybridized carbons (Fsp3) is 0.533. The number of hydrogen-bond donors (Lipinski definition) is 2. The third-order valence-corrected chi connectivity index (χ3v) is 2.95. The average Bonchev–Trinajstić information content (AvgIpc) is 2.55. The zero-order valence-corrected chi connectivity index (χ0v) is 11.7. The van der Waals surface area contributed by atoms with Crippen LogP contribution in [0, 0.1) is 0 Å². The molecule has 0 saturated carbocycles. The standard InChI is InChI=1S/C15H23FN2O/c1-3-8-12(9-4-2)17-15(19)18-14-11-7-5-6-10-13(14)16/h5,7,10-12H,3-4,6,8-9H2,1-2H3,(H2,17,18,19). The van der Waals surface area contributed by atoms with Crippen molar-refractivity contribution in [3.63, 3.8) is 0 Å². The van der Waals surface area contributed by atoms with Crippen molar-refractivity contribution in [3.05, 3.63) is 35.8 Å². The van der Waals surface area contributed by atoms with Crippen molar-refractivity contribution in [1.82, 2.24) is 10.6 Å². The predicted molar refractivity (Wildman–Crippen MR) is 76.3 cm³/mol. The van der Waals surface area contributed by atoms with E-state index in [9.17, 15) is 9.18 Å². The Morgan fingerprint density at radius 3 is 2.68 bits per heavy atom. The second-order valence-electron chi connectivity index (χ2n) is 4.67. The lowest BCUT2D eigenvalue weighted by atomic mass is 10.1. The molecule has 0 aromatic heterocycles. The molecule has 1 aliphatic carbocycles. The molecule has 106 valence electrons. The Morgan fingerprint density at radius 2 is 2.05 bits per heavy atom. The number of urea groups is 1. The lowest BCUT2D eigenvalue weighted by Gasteiger charge is -2.18. The van der Waals surface area contributed by atoms with Gasteiger partial charge in [-0.05, 0) is 31.4 Å². The highest BCUT2D eigenvalue weighted by molar-refractivity contribution is 5.77. The molecule has 0 saturated heterocycles. The summed E-state index contributed by atoms with van der Waals surface area (Å²) in [5, 5.41) is 5.47. The van der Waals surface area contributed by atoms with Crippen LogP contribution in [-0.4, -0.2) is 12.1 Å².